The summed E-state index contributed by atoms with van der Waals surface area (Å²) >= 11 is 0.829. The van der Waals surface area contributed by atoms with Gasteiger partial charge in [0, 0.05) is 17.6 Å². The van der Waals surface area contributed by atoms with Crippen LogP contribution in [0.3, 0.4) is 0 Å². The van der Waals surface area contributed by atoms with Crippen molar-refractivity contribution in [2.45, 2.75) is 26.8 Å². The van der Waals surface area contributed by atoms with Crippen LogP contribution in [-0.2, 0) is 14.3 Å². The summed E-state index contributed by atoms with van der Waals surface area (Å²) in [6, 6.07) is 10.7. The normalized spacial score (nSPS) is 16.9. The standard InChI is InChI=1S/C20H20N2O4S/c1-4-26-19(24)14(3)22-18(23)17(27-20(22)25)12-15-9-7-11-21(15)16-10-6-5-8-13(16)2/h5-12,14H,4H2,1-3H3. The summed E-state index contributed by atoms with van der Waals surface area (Å²) in [7, 11) is 0. The van der Waals surface area contributed by atoms with Gasteiger partial charge in [0.1, 0.15) is 6.04 Å². The second-order valence-electron chi connectivity index (χ2n) is 6.07. The Morgan fingerprint density at radius 1 is 1.22 bits per heavy atom. The van der Waals surface area contributed by atoms with E-state index in [2.05, 4.69) is 0 Å². The van der Waals surface area contributed by atoms with Crippen molar-refractivity contribution in [1.29, 1.82) is 0 Å². The van der Waals surface area contributed by atoms with Crippen molar-refractivity contribution in [1.82, 2.24) is 9.47 Å². The van der Waals surface area contributed by atoms with Crippen molar-refractivity contribution in [2.75, 3.05) is 6.61 Å². The monoisotopic (exact) mass is 384 g/mol. The zero-order valence-corrected chi connectivity index (χ0v) is 16.2. The molecule has 1 unspecified atom stereocenters. The number of carbonyl (C=O) groups excluding carboxylic acids is 3. The average molecular weight is 384 g/mol. The van der Waals surface area contributed by atoms with Crippen LogP contribution >= 0.6 is 11.8 Å². The van der Waals surface area contributed by atoms with Crippen LogP contribution in [0.15, 0.2) is 47.5 Å². The maximum absolute atomic E-state index is 12.7. The number of ether oxygens (including phenoxy) is 1. The molecular weight excluding hydrogens is 364 g/mol. The van der Waals surface area contributed by atoms with E-state index < -0.39 is 23.2 Å². The van der Waals surface area contributed by atoms with E-state index in [1.165, 1.54) is 6.92 Å². The predicted molar refractivity (Wildman–Crippen MR) is 104 cm³/mol. The van der Waals surface area contributed by atoms with E-state index in [-0.39, 0.29) is 11.5 Å². The second kappa shape index (κ2) is 7.84. The summed E-state index contributed by atoms with van der Waals surface area (Å²) in [5, 5.41) is -0.471. The molecule has 27 heavy (non-hydrogen) atoms. The van der Waals surface area contributed by atoms with Crippen molar-refractivity contribution in [3.63, 3.8) is 0 Å². The first-order chi connectivity index (χ1) is 12.9. The zero-order valence-electron chi connectivity index (χ0n) is 15.3. The van der Waals surface area contributed by atoms with E-state index >= 15 is 0 Å². The topological polar surface area (TPSA) is 68.6 Å². The van der Waals surface area contributed by atoms with Crippen LogP contribution in [0.1, 0.15) is 25.1 Å². The number of rotatable bonds is 5. The highest BCUT2D eigenvalue weighted by molar-refractivity contribution is 8.18. The predicted octanol–water partition coefficient (Wildman–Crippen LogP) is 3.77. The summed E-state index contributed by atoms with van der Waals surface area (Å²) in [6.45, 7) is 5.37. The maximum Gasteiger partial charge on any atom is 0.329 e. The van der Waals surface area contributed by atoms with Gasteiger partial charge < -0.3 is 9.30 Å². The number of hydrogen-bond donors (Lipinski definition) is 0. The van der Waals surface area contributed by atoms with E-state index in [1.54, 1.807) is 13.0 Å². The van der Waals surface area contributed by atoms with Crippen molar-refractivity contribution >= 4 is 35.0 Å². The van der Waals surface area contributed by atoms with Gasteiger partial charge in [-0.05, 0) is 62.4 Å². The molecule has 0 radical (unpaired) electrons. The van der Waals surface area contributed by atoms with Crippen LogP contribution in [-0.4, -0.2) is 39.2 Å². The van der Waals surface area contributed by atoms with Gasteiger partial charge in [-0.1, -0.05) is 18.2 Å². The molecule has 2 heterocycles. The summed E-state index contributed by atoms with van der Waals surface area (Å²) < 4.78 is 6.88. The molecule has 1 aliphatic rings. The molecule has 0 spiro atoms. The van der Waals surface area contributed by atoms with Gasteiger partial charge in [-0.2, -0.15) is 0 Å². The number of imide groups is 1. The van der Waals surface area contributed by atoms with E-state index in [9.17, 15) is 14.4 Å². The summed E-state index contributed by atoms with van der Waals surface area (Å²) in [5.41, 5.74) is 2.86. The molecule has 140 valence electrons. The molecule has 1 saturated heterocycles. The number of amides is 2. The summed E-state index contributed by atoms with van der Waals surface area (Å²) in [5.74, 6) is -1.08. The molecule has 1 aromatic carbocycles. The lowest BCUT2D eigenvalue weighted by Gasteiger charge is -2.19. The fourth-order valence-corrected chi connectivity index (χ4v) is 3.77. The van der Waals surface area contributed by atoms with Crippen LogP contribution in [0.25, 0.3) is 11.8 Å². The number of aromatic nitrogens is 1. The van der Waals surface area contributed by atoms with Gasteiger partial charge >= 0.3 is 5.97 Å². The molecule has 2 amide bonds. The van der Waals surface area contributed by atoms with E-state index in [1.807, 2.05) is 54.1 Å². The van der Waals surface area contributed by atoms with Crippen LogP contribution in [0.4, 0.5) is 4.79 Å². The van der Waals surface area contributed by atoms with Crippen LogP contribution in [0, 0.1) is 6.92 Å². The molecule has 7 heteroatoms. The van der Waals surface area contributed by atoms with Crippen molar-refractivity contribution in [3.8, 4) is 5.69 Å². The van der Waals surface area contributed by atoms with E-state index in [0.29, 0.717) is 0 Å². The van der Waals surface area contributed by atoms with Gasteiger partial charge in [0.15, 0.2) is 0 Å². The number of esters is 1. The van der Waals surface area contributed by atoms with Gasteiger partial charge in [0.05, 0.1) is 11.5 Å². The number of carbonyl (C=O) groups is 3. The van der Waals surface area contributed by atoms with Crippen molar-refractivity contribution < 1.29 is 19.1 Å². The fraction of sp³-hybridized carbons (Fsp3) is 0.250. The highest BCUT2D eigenvalue weighted by Crippen LogP contribution is 2.34. The molecular formula is C20H20N2O4S. The molecule has 2 aromatic rings. The Kier molecular flexibility index (Phi) is 5.51. The number of benzene rings is 1. The number of aryl methyl sites for hydroxylation is 1. The minimum atomic E-state index is -0.952. The Bertz CT molecular complexity index is 932. The SMILES string of the molecule is CCOC(=O)C(C)N1C(=O)SC(=Cc2cccn2-c2ccccc2C)C1=O. The van der Waals surface area contributed by atoms with Crippen LogP contribution in [0.2, 0.25) is 0 Å². The highest BCUT2D eigenvalue weighted by Gasteiger charge is 2.41. The minimum Gasteiger partial charge on any atom is -0.464 e. The summed E-state index contributed by atoms with van der Waals surface area (Å²) in [4.78, 5) is 38.2. The lowest BCUT2D eigenvalue weighted by Crippen LogP contribution is -2.42. The van der Waals surface area contributed by atoms with Crippen LogP contribution < -0.4 is 0 Å². The Morgan fingerprint density at radius 3 is 2.67 bits per heavy atom. The third-order valence-electron chi connectivity index (χ3n) is 4.27. The van der Waals surface area contributed by atoms with Crippen LogP contribution in [0.5, 0.6) is 0 Å². The first-order valence-electron chi connectivity index (χ1n) is 8.61. The number of nitrogens with zero attached hydrogens (tertiary/aromatic N) is 2. The Labute approximate surface area is 161 Å². The molecule has 0 N–H and O–H groups in total. The molecule has 1 fully saturated rings. The van der Waals surface area contributed by atoms with E-state index in [0.717, 1.165) is 33.6 Å². The average Bonchev–Trinajstić information content (AvgIpc) is 3.20. The van der Waals surface area contributed by atoms with Gasteiger partial charge in [-0.3, -0.25) is 14.5 Å². The Balaban J connectivity index is 1.91. The molecule has 0 saturated carbocycles. The van der Waals surface area contributed by atoms with E-state index in [4.69, 9.17) is 4.74 Å². The minimum absolute atomic E-state index is 0.194. The quantitative estimate of drug-likeness (QED) is 0.580. The fourth-order valence-electron chi connectivity index (χ4n) is 2.88. The maximum atomic E-state index is 12.7. The number of hydrogen-bond acceptors (Lipinski definition) is 5. The summed E-state index contributed by atoms with van der Waals surface area (Å²) in [6.07, 6.45) is 3.58. The van der Waals surface area contributed by atoms with Crippen molar-refractivity contribution in [3.05, 3.63) is 58.8 Å². The van der Waals surface area contributed by atoms with Gasteiger partial charge in [0.2, 0.25) is 0 Å². The number of thioether (sulfide) groups is 1. The number of para-hydroxylation sites is 1. The molecule has 3 rings (SSSR count). The lowest BCUT2D eigenvalue weighted by atomic mass is 10.2. The second-order valence-corrected chi connectivity index (χ2v) is 7.06. The zero-order chi connectivity index (χ0) is 19.6. The molecule has 1 aliphatic heterocycles. The van der Waals surface area contributed by atoms with Crippen molar-refractivity contribution in [2.24, 2.45) is 0 Å². The molecule has 0 bridgehead atoms. The highest BCUT2D eigenvalue weighted by atomic mass is 32.2. The first kappa shape index (κ1) is 19.0. The molecule has 6 nitrogen and oxygen atoms in total. The molecule has 1 atom stereocenters. The largest absolute Gasteiger partial charge is 0.464 e. The lowest BCUT2D eigenvalue weighted by molar-refractivity contribution is -0.150. The third-order valence-corrected chi connectivity index (χ3v) is 5.16. The molecule has 1 aromatic heterocycles. The third kappa shape index (κ3) is 3.68. The van der Waals surface area contributed by atoms with Gasteiger partial charge in [0.25, 0.3) is 11.1 Å². The Hall–Kier alpha value is -2.80. The Morgan fingerprint density at radius 2 is 1.96 bits per heavy atom. The smallest absolute Gasteiger partial charge is 0.329 e. The van der Waals surface area contributed by atoms with Gasteiger partial charge in [-0.15, -0.1) is 0 Å². The van der Waals surface area contributed by atoms with Gasteiger partial charge in [-0.25, -0.2) is 4.79 Å². The molecule has 0 aliphatic carbocycles. The first-order valence-corrected chi connectivity index (χ1v) is 9.42.